The van der Waals surface area contributed by atoms with Crippen molar-refractivity contribution >= 4 is 23.2 Å². The first-order chi connectivity index (χ1) is 9.42. The van der Waals surface area contributed by atoms with Crippen molar-refractivity contribution in [2.24, 2.45) is 5.92 Å². The van der Waals surface area contributed by atoms with Crippen LogP contribution in [0, 0.1) is 5.92 Å². The molecule has 0 spiro atoms. The molecule has 0 aromatic heterocycles. The minimum Gasteiger partial charge on any atom is -0.492 e. The van der Waals surface area contributed by atoms with E-state index in [1.54, 1.807) is 0 Å². The van der Waals surface area contributed by atoms with E-state index in [0.717, 1.165) is 17.7 Å². The molecule has 0 fully saturated rings. The minimum atomic E-state index is 0.0133. The molecule has 0 heterocycles. The van der Waals surface area contributed by atoms with Crippen LogP contribution in [-0.2, 0) is 11.2 Å². The van der Waals surface area contributed by atoms with Crippen molar-refractivity contribution in [2.75, 3.05) is 11.9 Å². The monoisotopic (exact) mass is 297 g/mol. The highest BCUT2D eigenvalue weighted by Crippen LogP contribution is 2.27. The third-order valence-electron chi connectivity index (χ3n) is 2.73. The van der Waals surface area contributed by atoms with E-state index in [9.17, 15) is 4.79 Å². The summed E-state index contributed by atoms with van der Waals surface area (Å²) in [6.07, 6.45) is 1.29. The molecule has 1 aromatic rings. The molecular weight excluding hydrogens is 274 g/mol. The molecule has 1 aromatic carbocycles. The van der Waals surface area contributed by atoms with Gasteiger partial charge in [0.25, 0.3) is 0 Å². The fourth-order valence-corrected chi connectivity index (χ4v) is 2.15. The van der Waals surface area contributed by atoms with Crippen LogP contribution in [0.5, 0.6) is 5.75 Å². The maximum absolute atomic E-state index is 11.9. The molecule has 1 unspecified atom stereocenters. The Labute approximate surface area is 126 Å². The molecule has 1 N–H and O–H groups in total. The number of ether oxygens (including phenoxy) is 1. The quantitative estimate of drug-likeness (QED) is 0.765. The van der Waals surface area contributed by atoms with Gasteiger partial charge < -0.3 is 10.1 Å². The average Bonchev–Trinajstić information content (AvgIpc) is 2.31. The summed E-state index contributed by atoms with van der Waals surface area (Å²) in [5.41, 5.74) is 1.83. The molecule has 0 aliphatic heterocycles. The number of rotatable bonds is 7. The van der Waals surface area contributed by atoms with Crippen LogP contribution in [0.25, 0.3) is 0 Å². The second kappa shape index (κ2) is 8.15. The second-order valence-electron chi connectivity index (χ2n) is 5.39. The highest BCUT2D eigenvalue weighted by molar-refractivity contribution is 6.20. The molecule has 4 heteroatoms. The van der Waals surface area contributed by atoms with Gasteiger partial charge in [0.05, 0.1) is 12.3 Å². The molecule has 1 rings (SSSR count). The molecule has 0 aliphatic rings. The number of hydrogen-bond donors (Lipinski definition) is 1. The first-order valence-corrected chi connectivity index (χ1v) is 7.55. The maximum Gasteiger partial charge on any atom is 0.224 e. The van der Waals surface area contributed by atoms with Gasteiger partial charge in [-0.05, 0) is 43.9 Å². The van der Waals surface area contributed by atoms with Gasteiger partial charge in [-0.3, -0.25) is 4.79 Å². The second-order valence-corrected chi connectivity index (χ2v) is 6.14. The Morgan fingerprint density at radius 3 is 2.60 bits per heavy atom. The normalized spacial score (nSPS) is 12.3. The largest absolute Gasteiger partial charge is 0.492 e. The molecule has 0 saturated carbocycles. The number of halogens is 1. The van der Waals surface area contributed by atoms with Crippen molar-refractivity contribution in [2.45, 2.75) is 45.9 Å². The van der Waals surface area contributed by atoms with Crippen LogP contribution in [0.15, 0.2) is 18.2 Å². The molecule has 0 saturated heterocycles. The highest BCUT2D eigenvalue weighted by atomic mass is 35.5. The lowest BCUT2D eigenvalue weighted by Gasteiger charge is -2.14. The molecule has 0 aliphatic carbocycles. The Kier molecular flexibility index (Phi) is 6.86. The van der Waals surface area contributed by atoms with Crippen LogP contribution in [-0.4, -0.2) is 17.9 Å². The fraction of sp³-hybridized carbons (Fsp3) is 0.562. The summed E-state index contributed by atoms with van der Waals surface area (Å²) in [7, 11) is 0. The van der Waals surface area contributed by atoms with E-state index in [4.69, 9.17) is 16.3 Å². The molecule has 3 nitrogen and oxygen atoms in total. The number of anilines is 1. The van der Waals surface area contributed by atoms with Gasteiger partial charge in [0, 0.05) is 11.8 Å². The third-order valence-corrected chi connectivity index (χ3v) is 2.88. The number of hydrogen-bond acceptors (Lipinski definition) is 2. The van der Waals surface area contributed by atoms with Crippen LogP contribution in [0.1, 0.15) is 39.7 Å². The lowest BCUT2D eigenvalue weighted by molar-refractivity contribution is -0.116. The predicted octanol–water partition coefficient (Wildman–Crippen LogP) is 4.24. The summed E-state index contributed by atoms with van der Waals surface area (Å²) in [6, 6.07) is 5.82. The molecule has 112 valence electrons. The van der Waals surface area contributed by atoms with Crippen LogP contribution < -0.4 is 10.1 Å². The minimum absolute atomic E-state index is 0.0133. The van der Waals surface area contributed by atoms with E-state index >= 15 is 0 Å². The van der Waals surface area contributed by atoms with Crippen molar-refractivity contribution in [3.63, 3.8) is 0 Å². The Morgan fingerprint density at radius 2 is 2.05 bits per heavy atom. The summed E-state index contributed by atoms with van der Waals surface area (Å²) >= 11 is 6.01. The lowest BCUT2D eigenvalue weighted by Crippen LogP contribution is -2.15. The van der Waals surface area contributed by atoms with Crippen LogP contribution in [0.4, 0.5) is 5.69 Å². The van der Waals surface area contributed by atoms with Gasteiger partial charge in [0.2, 0.25) is 5.91 Å². The van der Waals surface area contributed by atoms with Crippen molar-refractivity contribution in [3.8, 4) is 5.75 Å². The fourth-order valence-electron chi connectivity index (χ4n) is 1.97. The van der Waals surface area contributed by atoms with E-state index in [-0.39, 0.29) is 11.3 Å². The molecule has 1 atom stereocenters. The van der Waals surface area contributed by atoms with Crippen LogP contribution >= 0.6 is 11.6 Å². The average molecular weight is 298 g/mol. The number of alkyl halides is 1. The first kappa shape index (κ1) is 16.8. The number of carbonyl (C=O) groups is 1. The Balaban J connectivity index is 2.86. The van der Waals surface area contributed by atoms with E-state index in [1.807, 2.05) is 45.9 Å². The van der Waals surface area contributed by atoms with Crippen molar-refractivity contribution in [1.29, 1.82) is 0 Å². The van der Waals surface area contributed by atoms with Gasteiger partial charge >= 0.3 is 0 Å². The summed E-state index contributed by atoms with van der Waals surface area (Å²) < 4.78 is 5.61. The lowest BCUT2D eigenvalue weighted by atomic mass is 10.1. The van der Waals surface area contributed by atoms with Gasteiger partial charge in [-0.25, -0.2) is 0 Å². The summed E-state index contributed by atoms with van der Waals surface area (Å²) in [6.45, 7) is 8.49. The van der Waals surface area contributed by atoms with E-state index in [1.165, 1.54) is 0 Å². The van der Waals surface area contributed by atoms with E-state index in [2.05, 4.69) is 5.32 Å². The van der Waals surface area contributed by atoms with Gasteiger partial charge in [-0.2, -0.15) is 0 Å². The van der Waals surface area contributed by atoms with Gasteiger partial charge in [0.15, 0.2) is 0 Å². The molecule has 20 heavy (non-hydrogen) atoms. The van der Waals surface area contributed by atoms with E-state index < -0.39 is 0 Å². The summed E-state index contributed by atoms with van der Waals surface area (Å²) in [5, 5.41) is 2.99. The zero-order valence-electron chi connectivity index (χ0n) is 12.7. The number of nitrogens with one attached hydrogen (secondary N) is 1. The molecule has 0 radical (unpaired) electrons. The Hall–Kier alpha value is -1.22. The molecular formula is C16H24ClNO2. The summed E-state index contributed by atoms with van der Waals surface area (Å²) in [4.78, 5) is 11.9. The number of carbonyl (C=O) groups excluding carboxylic acids is 1. The smallest absolute Gasteiger partial charge is 0.224 e. The highest BCUT2D eigenvalue weighted by Gasteiger charge is 2.11. The summed E-state index contributed by atoms with van der Waals surface area (Å²) in [5.74, 6) is 1.06. The Morgan fingerprint density at radius 1 is 1.35 bits per heavy atom. The van der Waals surface area contributed by atoms with E-state index in [0.29, 0.717) is 24.7 Å². The third kappa shape index (κ3) is 5.83. The van der Waals surface area contributed by atoms with Crippen LogP contribution in [0.2, 0.25) is 0 Å². The van der Waals surface area contributed by atoms with Gasteiger partial charge in [0.1, 0.15) is 5.75 Å². The zero-order chi connectivity index (χ0) is 15.1. The van der Waals surface area contributed by atoms with Crippen molar-refractivity contribution in [1.82, 2.24) is 0 Å². The zero-order valence-corrected chi connectivity index (χ0v) is 13.5. The number of benzene rings is 1. The van der Waals surface area contributed by atoms with Crippen molar-refractivity contribution in [3.05, 3.63) is 23.8 Å². The number of amides is 1. The van der Waals surface area contributed by atoms with Crippen LogP contribution in [0.3, 0.4) is 0 Å². The Bertz CT molecular complexity index is 444. The standard InChI is InChI=1S/C16H24ClNO2/c1-5-20-15-10-13(9-12(4)17)6-7-14(15)18-16(19)8-11(2)3/h6-7,10-12H,5,8-9H2,1-4H3,(H,18,19). The molecule has 0 bridgehead atoms. The predicted molar refractivity (Wildman–Crippen MR) is 84.7 cm³/mol. The topological polar surface area (TPSA) is 38.3 Å². The maximum atomic E-state index is 11.9. The van der Waals surface area contributed by atoms with Crippen molar-refractivity contribution < 1.29 is 9.53 Å². The first-order valence-electron chi connectivity index (χ1n) is 7.12. The van der Waals surface area contributed by atoms with Gasteiger partial charge in [-0.1, -0.05) is 19.9 Å². The van der Waals surface area contributed by atoms with Gasteiger partial charge in [-0.15, -0.1) is 11.6 Å². The molecule has 1 amide bonds. The SMILES string of the molecule is CCOc1cc(CC(C)Cl)ccc1NC(=O)CC(C)C.